The van der Waals surface area contributed by atoms with E-state index in [9.17, 15) is 9.59 Å². The van der Waals surface area contributed by atoms with Gasteiger partial charge < -0.3 is 20.1 Å². The smallest absolute Gasteiger partial charge is 0.259 e. The predicted octanol–water partition coefficient (Wildman–Crippen LogP) is 7.20. The SMILES string of the molecule is COc1ccc(C(=O)Nc2cc(Cc3ccc4cccc(NC(=O)c5ccccc5OC)c4n3)cc3ccc(C)nc23)cc1. The number of hydrogen-bond acceptors (Lipinski definition) is 6. The lowest BCUT2D eigenvalue weighted by atomic mass is 10.0. The van der Waals surface area contributed by atoms with Crippen LogP contribution in [0.25, 0.3) is 21.8 Å². The van der Waals surface area contributed by atoms with Crippen LogP contribution in [0.5, 0.6) is 11.5 Å². The number of anilines is 2. The van der Waals surface area contributed by atoms with Crippen molar-refractivity contribution in [3.8, 4) is 11.5 Å². The molecule has 218 valence electrons. The number of amides is 2. The molecule has 0 radical (unpaired) electrons. The van der Waals surface area contributed by atoms with E-state index < -0.39 is 0 Å². The number of carbonyl (C=O) groups excluding carboxylic acids is 2. The van der Waals surface area contributed by atoms with Gasteiger partial charge in [-0.1, -0.05) is 36.4 Å². The summed E-state index contributed by atoms with van der Waals surface area (Å²) < 4.78 is 10.6. The Kier molecular flexibility index (Phi) is 7.88. The highest BCUT2D eigenvalue weighted by atomic mass is 16.5. The highest BCUT2D eigenvalue weighted by Gasteiger charge is 2.15. The normalized spacial score (nSPS) is 10.9. The van der Waals surface area contributed by atoms with Crippen LogP contribution in [0.3, 0.4) is 0 Å². The molecule has 2 amide bonds. The Labute approximate surface area is 254 Å². The first kappa shape index (κ1) is 28.4. The molecule has 0 bridgehead atoms. The van der Waals surface area contributed by atoms with Crippen LogP contribution in [-0.2, 0) is 6.42 Å². The average Bonchev–Trinajstić information content (AvgIpc) is 3.05. The third kappa shape index (κ3) is 5.91. The maximum absolute atomic E-state index is 13.2. The minimum absolute atomic E-state index is 0.242. The van der Waals surface area contributed by atoms with Crippen LogP contribution in [0.4, 0.5) is 11.4 Å². The van der Waals surface area contributed by atoms with E-state index in [1.165, 1.54) is 7.11 Å². The molecule has 8 nitrogen and oxygen atoms in total. The van der Waals surface area contributed by atoms with Gasteiger partial charge in [-0.2, -0.15) is 0 Å². The Morgan fingerprint density at radius 2 is 1.43 bits per heavy atom. The molecule has 0 saturated heterocycles. The Balaban J connectivity index is 1.32. The molecule has 0 aliphatic rings. The minimum Gasteiger partial charge on any atom is -0.497 e. The minimum atomic E-state index is -0.281. The molecule has 0 spiro atoms. The molecular formula is C36H30N4O4. The van der Waals surface area contributed by atoms with Gasteiger partial charge in [-0.15, -0.1) is 0 Å². The summed E-state index contributed by atoms with van der Waals surface area (Å²) in [5, 5.41) is 7.87. The summed E-state index contributed by atoms with van der Waals surface area (Å²) in [4.78, 5) is 36.0. The van der Waals surface area contributed by atoms with Gasteiger partial charge in [-0.25, -0.2) is 0 Å². The Morgan fingerprint density at radius 1 is 0.682 bits per heavy atom. The summed E-state index contributed by atoms with van der Waals surface area (Å²) in [5.74, 6) is 0.650. The van der Waals surface area contributed by atoms with E-state index in [1.807, 2.05) is 61.5 Å². The standard InChI is InChI=1S/C36H30N4O4/c1-22-11-12-26-19-23(21-31(34(26)37-22)40-35(41)25-14-17-28(43-2)18-15-25)20-27-16-13-24-7-6-9-30(33(24)38-27)39-36(42)29-8-4-5-10-32(29)44-3/h4-19,21H,20H2,1-3H3,(H,39,42)(H,40,41). The second kappa shape index (κ2) is 12.2. The lowest BCUT2D eigenvalue weighted by Gasteiger charge is -2.13. The number of methoxy groups -OCH3 is 2. The first-order valence-electron chi connectivity index (χ1n) is 14.1. The van der Waals surface area contributed by atoms with Gasteiger partial charge in [0.25, 0.3) is 11.8 Å². The van der Waals surface area contributed by atoms with Gasteiger partial charge in [0.15, 0.2) is 0 Å². The predicted molar refractivity (Wildman–Crippen MR) is 173 cm³/mol. The van der Waals surface area contributed by atoms with E-state index in [0.29, 0.717) is 51.5 Å². The number of pyridine rings is 2. The van der Waals surface area contributed by atoms with E-state index >= 15 is 0 Å². The molecule has 6 aromatic rings. The fraction of sp³-hybridized carbons (Fsp3) is 0.111. The summed E-state index contributed by atoms with van der Waals surface area (Å²) >= 11 is 0. The number of nitrogens with one attached hydrogen (secondary N) is 2. The molecule has 0 fully saturated rings. The number of aromatic nitrogens is 2. The van der Waals surface area contributed by atoms with Crippen molar-refractivity contribution in [3.05, 3.63) is 131 Å². The zero-order valence-corrected chi connectivity index (χ0v) is 24.5. The van der Waals surface area contributed by atoms with Gasteiger partial charge in [0, 0.05) is 34.1 Å². The van der Waals surface area contributed by atoms with Crippen molar-refractivity contribution in [2.75, 3.05) is 24.9 Å². The van der Waals surface area contributed by atoms with Gasteiger partial charge in [-0.05, 0) is 79.2 Å². The Morgan fingerprint density at radius 3 is 2.23 bits per heavy atom. The van der Waals surface area contributed by atoms with E-state index in [2.05, 4.69) is 16.7 Å². The molecule has 2 aromatic heterocycles. The van der Waals surface area contributed by atoms with Crippen LogP contribution in [0.2, 0.25) is 0 Å². The Hall–Kier alpha value is -5.76. The summed E-state index contributed by atoms with van der Waals surface area (Å²) in [6, 6.07) is 31.7. The number of ether oxygens (including phenoxy) is 2. The number of fused-ring (bicyclic) bond motifs is 2. The van der Waals surface area contributed by atoms with Crippen LogP contribution in [0.1, 0.15) is 37.7 Å². The van der Waals surface area contributed by atoms with E-state index in [1.54, 1.807) is 49.6 Å². The highest BCUT2D eigenvalue weighted by molar-refractivity contribution is 6.10. The molecule has 0 saturated carbocycles. The number of nitrogens with zero attached hydrogens (tertiary/aromatic N) is 2. The molecule has 0 atom stereocenters. The van der Waals surface area contributed by atoms with E-state index in [4.69, 9.17) is 19.4 Å². The van der Waals surface area contributed by atoms with Gasteiger partial charge >= 0.3 is 0 Å². The Bertz CT molecular complexity index is 2020. The molecule has 2 heterocycles. The second-order valence-electron chi connectivity index (χ2n) is 10.4. The lowest BCUT2D eigenvalue weighted by Crippen LogP contribution is -2.13. The quantitative estimate of drug-likeness (QED) is 0.197. The third-order valence-corrected chi connectivity index (χ3v) is 7.35. The van der Waals surface area contributed by atoms with Crippen molar-refractivity contribution in [2.24, 2.45) is 0 Å². The van der Waals surface area contributed by atoms with Crippen LogP contribution in [0.15, 0.2) is 103 Å². The third-order valence-electron chi connectivity index (χ3n) is 7.35. The number of para-hydroxylation sites is 2. The van der Waals surface area contributed by atoms with Gasteiger partial charge in [0.05, 0.1) is 42.2 Å². The summed E-state index contributed by atoms with van der Waals surface area (Å²) in [6.45, 7) is 1.92. The molecule has 0 aliphatic heterocycles. The number of aryl methyl sites for hydroxylation is 1. The highest BCUT2D eigenvalue weighted by Crippen LogP contribution is 2.29. The maximum Gasteiger partial charge on any atom is 0.259 e. The lowest BCUT2D eigenvalue weighted by molar-refractivity contribution is 0.101. The number of hydrogen-bond donors (Lipinski definition) is 2. The number of rotatable bonds is 8. The molecule has 0 unspecified atom stereocenters. The fourth-order valence-corrected chi connectivity index (χ4v) is 5.15. The molecular weight excluding hydrogens is 552 g/mol. The van der Waals surface area contributed by atoms with Crippen LogP contribution in [0, 0.1) is 6.92 Å². The van der Waals surface area contributed by atoms with Crippen molar-refractivity contribution in [1.29, 1.82) is 0 Å². The van der Waals surface area contributed by atoms with Gasteiger partial charge in [0.2, 0.25) is 0 Å². The molecule has 6 rings (SSSR count). The van der Waals surface area contributed by atoms with Crippen molar-refractivity contribution < 1.29 is 19.1 Å². The molecule has 0 aliphatic carbocycles. The van der Waals surface area contributed by atoms with E-state index in [-0.39, 0.29) is 11.8 Å². The summed E-state index contributed by atoms with van der Waals surface area (Å²) in [7, 11) is 3.13. The van der Waals surface area contributed by atoms with Crippen molar-refractivity contribution in [3.63, 3.8) is 0 Å². The first-order valence-corrected chi connectivity index (χ1v) is 14.1. The number of carbonyl (C=O) groups is 2. The van der Waals surface area contributed by atoms with Crippen LogP contribution >= 0.6 is 0 Å². The maximum atomic E-state index is 13.2. The van der Waals surface area contributed by atoms with Gasteiger partial charge in [0.1, 0.15) is 11.5 Å². The van der Waals surface area contributed by atoms with Crippen molar-refractivity contribution in [1.82, 2.24) is 9.97 Å². The average molecular weight is 583 g/mol. The summed E-state index contributed by atoms with van der Waals surface area (Å²) in [6.07, 6.45) is 0.500. The molecule has 4 aromatic carbocycles. The van der Waals surface area contributed by atoms with Crippen LogP contribution < -0.4 is 20.1 Å². The zero-order valence-electron chi connectivity index (χ0n) is 24.5. The molecule has 2 N–H and O–H groups in total. The largest absolute Gasteiger partial charge is 0.497 e. The topological polar surface area (TPSA) is 102 Å². The zero-order chi connectivity index (χ0) is 30.6. The van der Waals surface area contributed by atoms with Crippen LogP contribution in [-0.4, -0.2) is 36.0 Å². The second-order valence-corrected chi connectivity index (χ2v) is 10.4. The van der Waals surface area contributed by atoms with E-state index in [0.717, 1.165) is 27.7 Å². The summed E-state index contributed by atoms with van der Waals surface area (Å²) in [5.41, 5.74) is 6.17. The van der Waals surface area contributed by atoms with Gasteiger partial charge in [-0.3, -0.25) is 19.6 Å². The fourth-order valence-electron chi connectivity index (χ4n) is 5.15. The van der Waals surface area contributed by atoms with Crippen molar-refractivity contribution >= 4 is 45.0 Å². The number of benzene rings is 4. The van der Waals surface area contributed by atoms with Crippen molar-refractivity contribution in [2.45, 2.75) is 13.3 Å². The first-order chi connectivity index (χ1) is 21.4. The molecule has 44 heavy (non-hydrogen) atoms. The monoisotopic (exact) mass is 582 g/mol. The molecule has 8 heteroatoms.